The van der Waals surface area contributed by atoms with Crippen molar-refractivity contribution in [3.05, 3.63) is 59.4 Å². The summed E-state index contributed by atoms with van der Waals surface area (Å²) in [4.78, 5) is 27.5. The van der Waals surface area contributed by atoms with Gasteiger partial charge < -0.3 is 18.8 Å². The highest BCUT2D eigenvalue weighted by atomic mass is 32.2. The Morgan fingerprint density at radius 1 is 1.06 bits per heavy atom. The highest BCUT2D eigenvalue weighted by Crippen LogP contribution is 2.33. The van der Waals surface area contributed by atoms with Gasteiger partial charge in [0.25, 0.3) is 10.0 Å². The summed E-state index contributed by atoms with van der Waals surface area (Å²) in [6, 6.07) is 10.1. The third-order valence-corrected chi connectivity index (χ3v) is 7.29. The van der Waals surface area contributed by atoms with E-state index in [2.05, 4.69) is 0 Å². The Bertz CT molecular complexity index is 1320. The van der Waals surface area contributed by atoms with Gasteiger partial charge in [-0.25, -0.2) is 18.0 Å². The van der Waals surface area contributed by atoms with Gasteiger partial charge in [-0.3, -0.25) is 0 Å². The lowest BCUT2D eigenvalue weighted by molar-refractivity contribution is 0.0526. The zero-order valence-electron chi connectivity index (χ0n) is 19.2. The maximum atomic E-state index is 13.7. The number of carbonyl (C=O) groups is 2. The number of anilines is 1. The molecule has 1 aliphatic rings. The molecule has 1 aromatic heterocycles. The molecule has 0 atom stereocenters. The summed E-state index contributed by atoms with van der Waals surface area (Å²) < 4.78 is 44.4. The number of esters is 1. The topological polar surface area (TPSA) is 106 Å². The van der Waals surface area contributed by atoms with Crippen LogP contribution in [0.3, 0.4) is 0 Å². The number of hydrogen-bond acceptors (Lipinski definition) is 7. The molecule has 0 spiro atoms. The van der Waals surface area contributed by atoms with E-state index in [0.717, 1.165) is 9.87 Å². The van der Waals surface area contributed by atoms with Crippen molar-refractivity contribution in [2.24, 2.45) is 0 Å². The Morgan fingerprint density at radius 2 is 1.74 bits per heavy atom. The minimum absolute atomic E-state index is 0.0196. The summed E-state index contributed by atoms with van der Waals surface area (Å²) in [5.74, 6) is -0.235. The third-order valence-electron chi connectivity index (χ3n) is 5.58. The van der Waals surface area contributed by atoms with Crippen LogP contribution in [-0.2, 0) is 19.5 Å². The van der Waals surface area contributed by atoms with Crippen molar-refractivity contribution >= 4 is 38.7 Å². The smallest absolute Gasteiger partial charge is 0.342 e. The van der Waals surface area contributed by atoms with Gasteiger partial charge >= 0.3 is 12.0 Å². The Morgan fingerprint density at radius 3 is 2.38 bits per heavy atom. The molecule has 34 heavy (non-hydrogen) atoms. The zero-order valence-corrected chi connectivity index (χ0v) is 20.1. The van der Waals surface area contributed by atoms with Crippen LogP contribution < -0.4 is 4.31 Å². The molecule has 1 fully saturated rings. The molecule has 1 saturated heterocycles. The molecule has 10 heteroatoms. The van der Waals surface area contributed by atoms with Gasteiger partial charge in [0.15, 0.2) is 0 Å². The molecule has 0 saturated carbocycles. The minimum Gasteiger partial charge on any atom is -0.462 e. The summed E-state index contributed by atoms with van der Waals surface area (Å²) in [7, 11) is -4.27. The SMILES string of the molecule is CCOC(=O)c1c(C)oc2ccc(N(C(=O)N3CCOCC3)S(=O)(=O)c3ccc(C)cc3)cc12. The molecule has 4 rings (SSSR count). The monoisotopic (exact) mass is 486 g/mol. The van der Waals surface area contributed by atoms with E-state index in [-0.39, 0.29) is 35.8 Å². The third kappa shape index (κ3) is 4.38. The second kappa shape index (κ2) is 9.47. The summed E-state index contributed by atoms with van der Waals surface area (Å²) in [5.41, 5.74) is 1.57. The van der Waals surface area contributed by atoms with E-state index in [1.807, 2.05) is 6.92 Å². The number of urea groups is 1. The van der Waals surface area contributed by atoms with Gasteiger partial charge in [-0.2, -0.15) is 4.31 Å². The van der Waals surface area contributed by atoms with Crippen LogP contribution in [0.25, 0.3) is 11.0 Å². The normalized spacial score (nSPS) is 14.3. The van der Waals surface area contributed by atoms with Crippen molar-refractivity contribution in [3.63, 3.8) is 0 Å². The molecule has 2 amide bonds. The van der Waals surface area contributed by atoms with Crippen LogP contribution in [0.15, 0.2) is 51.8 Å². The molecule has 2 heterocycles. The number of morpholine rings is 1. The Kier molecular flexibility index (Phi) is 6.63. The van der Waals surface area contributed by atoms with Gasteiger partial charge in [-0.1, -0.05) is 17.7 Å². The summed E-state index contributed by atoms with van der Waals surface area (Å²) in [5, 5.41) is 0.368. The fraction of sp³-hybridized carbons (Fsp3) is 0.333. The number of hydrogen-bond donors (Lipinski definition) is 0. The van der Waals surface area contributed by atoms with Crippen molar-refractivity contribution in [1.82, 2.24) is 4.90 Å². The molecule has 0 N–H and O–H groups in total. The maximum Gasteiger partial charge on any atom is 0.342 e. The Labute approximate surface area is 197 Å². The average Bonchev–Trinajstić information content (AvgIpc) is 3.15. The van der Waals surface area contributed by atoms with E-state index in [1.165, 1.54) is 29.2 Å². The number of fused-ring (bicyclic) bond motifs is 1. The number of ether oxygens (including phenoxy) is 2. The first-order valence-corrected chi connectivity index (χ1v) is 12.4. The van der Waals surface area contributed by atoms with Crippen LogP contribution in [0, 0.1) is 13.8 Å². The quantitative estimate of drug-likeness (QED) is 0.504. The minimum atomic E-state index is -4.27. The van der Waals surface area contributed by atoms with E-state index in [4.69, 9.17) is 13.9 Å². The van der Waals surface area contributed by atoms with Gasteiger partial charge in [0.1, 0.15) is 16.9 Å². The predicted octanol–water partition coefficient (Wildman–Crippen LogP) is 3.87. The molecular formula is C24H26N2O7S. The molecular weight excluding hydrogens is 460 g/mol. The van der Waals surface area contributed by atoms with Gasteiger partial charge in [0, 0.05) is 18.5 Å². The molecule has 3 aromatic rings. The standard InChI is InChI=1S/C24H26N2O7S/c1-4-32-23(27)22-17(3)33-21-10-7-18(15-20(21)22)26(24(28)25-11-13-31-14-12-25)34(29,30)19-8-5-16(2)6-9-19/h5-10,15H,4,11-14H2,1-3H3. The molecule has 1 aliphatic heterocycles. The lowest BCUT2D eigenvalue weighted by atomic mass is 10.1. The van der Waals surface area contributed by atoms with E-state index in [0.29, 0.717) is 29.9 Å². The number of aryl methyl sites for hydroxylation is 2. The van der Waals surface area contributed by atoms with Crippen molar-refractivity contribution in [2.75, 3.05) is 37.2 Å². The highest BCUT2D eigenvalue weighted by Gasteiger charge is 2.35. The van der Waals surface area contributed by atoms with Crippen molar-refractivity contribution in [3.8, 4) is 0 Å². The van der Waals surface area contributed by atoms with Crippen LogP contribution in [0.4, 0.5) is 10.5 Å². The van der Waals surface area contributed by atoms with E-state index < -0.39 is 22.0 Å². The molecule has 0 unspecified atom stereocenters. The molecule has 0 bridgehead atoms. The first-order chi connectivity index (χ1) is 16.2. The lowest BCUT2D eigenvalue weighted by Crippen LogP contribution is -2.50. The summed E-state index contributed by atoms with van der Waals surface area (Å²) in [6.45, 7) is 6.50. The number of sulfonamides is 1. The first-order valence-electron chi connectivity index (χ1n) is 10.9. The number of carbonyl (C=O) groups excluding carboxylic acids is 2. The van der Waals surface area contributed by atoms with Crippen molar-refractivity contribution in [1.29, 1.82) is 0 Å². The highest BCUT2D eigenvalue weighted by molar-refractivity contribution is 7.93. The first kappa shape index (κ1) is 23.8. The van der Waals surface area contributed by atoms with Crippen LogP contribution in [0.2, 0.25) is 0 Å². The van der Waals surface area contributed by atoms with E-state index in [9.17, 15) is 18.0 Å². The number of rotatable bonds is 5. The number of benzene rings is 2. The van der Waals surface area contributed by atoms with E-state index >= 15 is 0 Å². The fourth-order valence-electron chi connectivity index (χ4n) is 3.84. The number of nitrogens with zero attached hydrogens (tertiary/aromatic N) is 2. The molecule has 0 aliphatic carbocycles. The molecule has 2 aromatic carbocycles. The van der Waals surface area contributed by atoms with Gasteiger partial charge in [0.05, 0.1) is 30.4 Å². The van der Waals surface area contributed by atoms with Gasteiger partial charge in [-0.15, -0.1) is 0 Å². The summed E-state index contributed by atoms with van der Waals surface area (Å²) >= 11 is 0. The summed E-state index contributed by atoms with van der Waals surface area (Å²) in [6.07, 6.45) is 0. The molecule has 180 valence electrons. The lowest BCUT2D eigenvalue weighted by Gasteiger charge is -2.32. The predicted molar refractivity (Wildman–Crippen MR) is 126 cm³/mol. The van der Waals surface area contributed by atoms with Crippen LogP contribution in [0.5, 0.6) is 0 Å². The van der Waals surface area contributed by atoms with Crippen molar-refractivity contribution in [2.45, 2.75) is 25.7 Å². The largest absolute Gasteiger partial charge is 0.462 e. The second-order valence-electron chi connectivity index (χ2n) is 7.90. The zero-order chi connectivity index (χ0) is 24.5. The van der Waals surface area contributed by atoms with Crippen molar-refractivity contribution < 1.29 is 31.9 Å². The van der Waals surface area contributed by atoms with Crippen LogP contribution >= 0.6 is 0 Å². The van der Waals surface area contributed by atoms with Crippen LogP contribution in [0.1, 0.15) is 28.6 Å². The number of furan rings is 1. The second-order valence-corrected chi connectivity index (χ2v) is 9.69. The molecule has 0 radical (unpaired) electrons. The maximum absolute atomic E-state index is 13.7. The van der Waals surface area contributed by atoms with Gasteiger partial charge in [-0.05, 0) is 51.1 Å². The fourth-order valence-corrected chi connectivity index (χ4v) is 5.25. The van der Waals surface area contributed by atoms with Crippen LogP contribution in [-0.4, -0.2) is 58.2 Å². The Balaban J connectivity index is 1.87. The molecule has 9 nitrogen and oxygen atoms in total. The Hall–Kier alpha value is -3.37. The number of amides is 2. The average molecular weight is 487 g/mol. The van der Waals surface area contributed by atoms with Gasteiger partial charge in [0.2, 0.25) is 0 Å². The van der Waals surface area contributed by atoms with E-state index in [1.54, 1.807) is 32.0 Å².